The lowest BCUT2D eigenvalue weighted by Gasteiger charge is -2.33. The van der Waals surface area contributed by atoms with E-state index in [-0.39, 0.29) is 5.75 Å². The Balaban J connectivity index is 2.60. The van der Waals surface area contributed by atoms with Gasteiger partial charge in [-0.3, -0.25) is 0 Å². The molecule has 2 atom stereocenters. The van der Waals surface area contributed by atoms with E-state index in [4.69, 9.17) is 0 Å². The number of benzene rings is 1. The fourth-order valence-corrected chi connectivity index (χ4v) is 2.62. The van der Waals surface area contributed by atoms with Crippen molar-refractivity contribution < 1.29 is 10.2 Å². The van der Waals surface area contributed by atoms with E-state index in [0.717, 1.165) is 23.1 Å². The number of phenolic OH excluding ortho intramolecular Hbond substituents is 1. The number of fused-ring (bicyclic) bond motifs is 1. The van der Waals surface area contributed by atoms with E-state index in [9.17, 15) is 10.2 Å². The smallest absolute Gasteiger partial charge is 0.119 e. The van der Waals surface area contributed by atoms with Gasteiger partial charge in [0.25, 0.3) is 0 Å². The quantitative estimate of drug-likeness (QED) is 0.780. The van der Waals surface area contributed by atoms with Gasteiger partial charge in [0.1, 0.15) is 5.75 Å². The van der Waals surface area contributed by atoms with Gasteiger partial charge < -0.3 is 10.2 Å². The molecule has 92 valence electrons. The molecule has 0 amide bonds. The topological polar surface area (TPSA) is 40.5 Å². The van der Waals surface area contributed by atoms with Crippen molar-refractivity contribution >= 4 is 5.57 Å². The average Bonchev–Trinajstić information content (AvgIpc) is 2.26. The first-order chi connectivity index (χ1) is 7.91. The van der Waals surface area contributed by atoms with Gasteiger partial charge in [0, 0.05) is 0 Å². The minimum atomic E-state index is -0.489. The van der Waals surface area contributed by atoms with Crippen LogP contribution in [-0.2, 0) is 0 Å². The van der Waals surface area contributed by atoms with E-state index in [1.54, 1.807) is 6.07 Å². The Morgan fingerprint density at radius 3 is 2.59 bits per heavy atom. The highest BCUT2D eigenvalue weighted by Crippen LogP contribution is 2.43. The maximum absolute atomic E-state index is 10.0. The molecule has 1 aromatic carbocycles. The molecule has 2 heteroatoms. The Hall–Kier alpha value is -1.28. The summed E-state index contributed by atoms with van der Waals surface area (Å²) in [7, 11) is 0. The Labute approximate surface area is 103 Å². The zero-order chi connectivity index (χ0) is 12.7. The van der Waals surface area contributed by atoms with E-state index in [1.807, 2.05) is 13.0 Å². The number of aliphatic hydroxyl groups is 1. The van der Waals surface area contributed by atoms with E-state index in [1.165, 1.54) is 5.56 Å². The minimum Gasteiger partial charge on any atom is -0.508 e. The molecule has 0 aromatic heterocycles. The number of hydrogen-bond donors (Lipinski definition) is 2. The van der Waals surface area contributed by atoms with Gasteiger partial charge in [-0.2, -0.15) is 0 Å². The van der Waals surface area contributed by atoms with Crippen molar-refractivity contribution in [3.05, 3.63) is 35.4 Å². The minimum absolute atomic E-state index is 0.279. The van der Waals surface area contributed by atoms with Crippen molar-refractivity contribution in [1.29, 1.82) is 0 Å². The first-order valence-electron chi connectivity index (χ1n) is 6.12. The van der Waals surface area contributed by atoms with Gasteiger partial charge in [-0.05, 0) is 53.5 Å². The number of rotatable bonds is 1. The normalized spacial score (nSPS) is 23.9. The molecular formula is C15H20O2. The van der Waals surface area contributed by atoms with Crippen LogP contribution >= 0.6 is 0 Å². The Kier molecular flexibility index (Phi) is 3.00. The van der Waals surface area contributed by atoms with Crippen LogP contribution in [0.15, 0.2) is 18.7 Å². The lowest BCUT2D eigenvalue weighted by atomic mass is 9.73. The third kappa shape index (κ3) is 1.98. The summed E-state index contributed by atoms with van der Waals surface area (Å²) in [5.41, 5.74) is 3.75. The maximum atomic E-state index is 10.0. The average molecular weight is 232 g/mol. The lowest BCUT2D eigenvalue weighted by Crippen LogP contribution is -2.24. The summed E-state index contributed by atoms with van der Waals surface area (Å²) >= 11 is 0. The highest BCUT2D eigenvalue weighted by molar-refractivity contribution is 5.73. The molecule has 0 spiro atoms. The monoisotopic (exact) mass is 232 g/mol. The van der Waals surface area contributed by atoms with Gasteiger partial charge in [-0.25, -0.2) is 0 Å². The standard InChI is InChI=1S/C15H20O2/c1-8(2)11-6-15(17)10(4)12-7-14(16)9(3)5-13(11)12/h5,7-8,11,15-17H,4,6H2,1-3H3. The van der Waals surface area contributed by atoms with E-state index < -0.39 is 6.10 Å². The van der Waals surface area contributed by atoms with E-state index in [0.29, 0.717) is 11.8 Å². The number of aryl methyl sites for hydroxylation is 1. The molecular weight excluding hydrogens is 212 g/mol. The number of aliphatic hydroxyl groups excluding tert-OH is 1. The molecule has 0 heterocycles. The summed E-state index contributed by atoms with van der Waals surface area (Å²) in [6.45, 7) is 10.2. The van der Waals surface area contributed by atoms with Crippen LogP contribution in [-0.4, -0.2) is 16.3 Å². The van der Waals surface area contributed by atoms with Gasteiger partial charge in [0.2, 0.25) is 0 Å². The molecule has 2 nitrogen and oxygen atoms in total. The molecule has 0 radical (unpaired) electrons. The van der Waals surface area contributed by atoms with Crippen LogP contribution in [0.4, 0.5) is 0 Å². The zero-order valence-corrected chi connectivity index (χ0v) is 10.7. The third-order valence-corrected chi connectivity index (χ3v) is 3.80. The first-order valence-corrected chi connectivity index (χ1v) is 6.12. The summed E-state index contributed by atoms with van der Waals surface area (Å²) in [4.78, 5) is 0. The maximum Gasteiger partial charge on any atom is 0.119 e. The van der Waals surface area contributed by atoms with Gasteiger partial charge in [0.15, 0.2) is 0 Å². The van der Waals surface area contributed by atoms with Crippen molar-refractivity contribution in [3.8, 4) is 5.75 Å². The summed E-state index contributed by atoms with van der Waals surface area (Å²) in [5.74, 6) is 1.09. The summed E-state index contributed by atoms with van der Waals surface area (Å²) in [6, 6.07) is 3.77. The van der Waals surface area contributed by atoms with Crippen molar-refractivity contribution in [3.63, 3.8) is 0 Å². The first kappa shape index (κ1) is 12.2. The molecule has 2 N–H and O–H groups in total. The molecule has 0 bridgehead atoms. The number of aromatic hydroxyl groups is 1. The number of hydrogen-bond acceptors (Lipinski definition) is 2. The van der Waals surface area contributed by atoms with Gasteiger partial charge in [-0.15, -0.1) is 0 Å². The summed E-state index contributed by atoms with van der Waals surface area (Å²) < 4.78 is 0. The summed E-state index contributed by atoms with van der Waals surface area (Å²) in [6.07, 6.45) is 0.241. The molecule has 2 rings (SSSR count). The molecule has 0 fully saturated rings. The van der Waals surface area contributed by atoms with Gasteiger partial charge in [-0.1, -0.05) is 26.5 Å². The molecule has 0 saturated carbocycles. The predicted octanol–water partition coefficient (Wildman–Crippen LogP) is 3.22. The highest BCUT2D eigenvalue weighted by atomic mass is 16.3. The van der Waals surface area contributed by atoms with Gasteiger partial charge >= 0.3 is 0 Å². The molecule has 1 aromatic rings. The molecule has 1 aliphatic carbocycles. The van der Waals surface area contributed by atoms with Crippen molar-refractivity contribution in [2.75, 3.05) is 0 Å². The van der Waals surface area contributed by atoms with E-state index >= 15 is 0 Å². The molecule has 17 heavy (non-hydrogen) atoms. The second kappa shape index (κ2) is 4.19. The van der Waals surface area contributed by atoms with Crippen LogP contribution in [0, 0.1) is 12.8 Å². The second-order valence-corrected chi connectivity index (χ2v) is 5.35. The van der Waals surface area contributed by atoms with Gasteiger partial charge in [0.05, 0.1) is 6.10 Å². The second-order valence-electron chi connectivity index (χ2n) is 5.35. The summed E-state index contributed by atoms with van der Waals surface area (Å²) in [5, 5.41) is 19.8. The van der Waals surface area contributed by atoms with Crippen molar-refractivity contribution in [2.45, 2.75) is 39.2 Å². The Morgan fingerprint density at radius 1 is 1.35 bits per heavy atom. The predicted molar refractivity (Wildman–Crippen MR) is 70.1 cm³/mol. The Morgan fingerprint density at radius 2 is 2.00 bits per heavy atom. The molecule has 0 saturated heterocycles. The SMILES string of the molecule is C=C1c2cc(O)c(C)cc2C(C(C)C)CC1O. The molecule has 0 aliphatic heterocycles. The highest BCUT2D eigenvalue weighted by Gasteiger charge is 2.30. The van der Waals surface area contributed by atoms with Crippen LogP contribution in [0.3, 0.4) is 0 Å². The Bertz CT molecular complexity index is 460. The third-order valence-electron chi connectivity index (χ3n) is 3.80. The zero-order valence-electron chi connectivity index (χ0n) is 10.7. The van der Waals surface area contributed by atoms with Crippen LogP contribution in [0.5, 0.6) is 5.75 Å². The lowest BCUT2D eigenvalue weighted by molar-refractivity contribution is 0.194. The van der Waals surface area contributed by atoms with Crippen molar-refractivity contribution in [2.24, 2.45) is 5.92 Å². The van der Waals surface area contributed by atoms with Crippen LogP contribution < -0.4 is 0 Å². The van der Waals surface area contributed by atoms with Crippen LogP contribution in [0.2, 0.25) is 0 Å². The number of phenols is 1. The fourth-order valence-electron chi connectivity index (χ4n) is 2.62. The molecule has 1 aliphatic rings. The van der Waals surface area contributed by atoms with Crippen molar-refractivity contribution in [1.82, 2.24) is 0 Å². The van der Waals surface area contributed by atoms with E-state index in [2.05, 4.69) is 20.4 Å². The van der Waals surface area contributed by atoms with Crippen LogP contribution in [0.25, 0.3) is 5.57 Å². The van der Waals surface area contributed by atoms with Crippen LogP contribution in [0.1, 0.15) is 42.9 Å². The molecule has 2 unspecified atom stereocenters. The fraction of sp³-hybridized carbons (Fsp3) is 0.467. The largest absolute Gasteiger partial charge is 0.508 e.